The summed E-state index contributed by atoms with van der Waals surface area (Å²) in [6.45, 7) is 1.10. The Morgan fingerprint density at radius 3 is 2.58 bits per heavy atom. The number of esters is 1. The minimum absolute atomic E-state index is 0.0501. The second kappa shape index (κ2) is 9.52. The number of carbonyl (C=O) groups is 2. The number of aromatic nitrogens is 1. The smallest absolute Gasteiger partial charge is 0.416 e. The molecule has 0 saturated heterocycles. The molecule has 162 valence electrons. The SMILES string of the molecule is CSc1ccccc1C(=O)OCc1csc(N(C(C)=O)c2cccc(C(F)(F)F)c2)n1. The first-order chi connectivity index (χ1) is 14.7. The van der Waals surface area contributed by atoms with E-state index < -0.39 is 23.6 Å². The van der Waals surface area contributed by atoms with Crippen molar-refractivity contribution in [3.63, 3.8) is 0 Å². The summed E-state index contributed by atoms with van der Waals surface area (Å²) in [7, 11) is 0. The lowest BCUT2D eigenvalue weighted by Gasteiger charge is -2.19. The maximum atomic E-state index is 13.0. The highest BCUT2D eigenvalue weighted by Crippen LogP contribution is 2.35. The van der Waals surface area contributed by atoms with Crippen LogP contribution in [0.5, 0.6) is 0 Å². The molecular weight excluding hydrogens is 449 g/mol. The van der Waals surface area contributed by atoms with E-state index in [1.807, 2.05) is 18.4 Å². The molecule has 0 aliphatic carbocycles. The lowest BCUT2D eigenvalue weighted by atomic mass is 10.2. The Morgan fingerprint density at radius 2 is 1.90 bits per heavy atom. The van der Waals surface area contributed by atoms with Crippen LogP contribution in [-0.4, -0.2) is 23.1 Å². The first-order valence-electron chi connectivity index (χ1n) is 8.93. The topological polar surface area (TPSA) is 59.5 Å². The first kappa shape index (κ1) is 22.8. The Labute approximate surface area is 184 Å². The number of ether oxygens (including phenoxy) is 1. The summed E-state index contributed by atoms with van der Waals surface area (Å²) in [6.07, 6.45) is -2.68. The Morgan fingerprint density at radius 1 is 1.16 bits per heavy atom. The molecule has 1 heterocycles. The molecule has 0 aliphatic heterocycles. The lowest BCUT2D eigenvalue weighted by molar-refractivity contribution is -0.137. The Hall–Kier alpha value is -2.85. The van der Waals surface area contributed by atoms with Crippen molar-refractivity contribution in [3.8, 4) is 0 Å². The molecule has 0 fully saturated rings. The van der Waals surface area contributed by atoms with Gasteiger partial charge in [0.15, 0.2) is 5.13 Å². The lowest BCUT2D eigenvalue weighted by Crippen LogP contribution is -2.23. The molecule has 3 rings (SSSR count). The summed E-state index contributed by atoms with van der Waals surface area (Å²) in [4.78, 5) is 30.7. The fourth-order valence-corrected chi connectivity index (χ4v) is 4.20. The number of halogens is 3. The van der Waals surface area contributed by atoms with E-state index in [-0.39, 0.29) is 17.4 Å². The zero-order chi connectivity index (χ0) is 22.6. The van der Waals surface area contributed by atoms with Gasteiger partial charge in [0.1, 0.15) is 6.61 Å². The van der Waals surface area contributed by atoms with Gasteiger partial charge in [0.25, 0.3) is 0 Å². The third-order valence-electron chi connectivity index (χ3n) is 4.16. The van der Waals surface area contributed by atoms with E-state index in [1.54, 1.807) is 17.5 Å². The van der Waals surface area contributed by atoms with Gasteiger partial charge in [0.2, 0.25) is 5.91 Å². The number of rotatable bonds is 6. The monoisotopic (exact) mass is 466 g/mol. The maximum absolute atomic E-state index is 13.0. The molecule has 0 unspecified atom stereocenters. The van der Waals surface area contributed by atoms with Crippen LogP contribution in [0.25, 0.3) is 0 Å². The summed E-state index contributed by atoms with van der Waals surface area (Å²) >= 11 is 2.49. The minimum Gasteiger partial charge on any atom is -0.456 e. The van der Waals surface area contributed by atoms with Gasteiger partial charge in [0, 0.05) is 17.2 Å². The van der Waals surface area contributed by atoms with Crippen LogP contribution in [0.15, 0.2) is 58.8 Å². The number of alkyl halides is 3. The molecule has 1 amide bonds. The number of carbonyl (C=O) groups excluding carboxylic acids is 2. The van der Waals surface area contributed by atoms with Crippen molar-refractivity contribution in [3.05, 3.63) is 70.7 Å². The second-order valence-corrected chi connectivity index (χ2v) is 7.98. The van der Waals surface area contributed by atoms with E-state index in [2.05, 4.69) is 4.98 Å². The minimum atomic E-state index is -4.53. The summed E-state index contributed by atoms with van der Waals surface area (Å²) in [5.41, 5.74) is -0.00322. The van der Waals surface area contributed by atoms with E-state index in [1.165, 1.54) is 30.8 Å². The molecule has 0 atom stereocenters. The van der Waals surface area contributed by atoms with Gasteiger partial charge in [-0.3, -0.25) is 9.69 Å². The number of amides is 1. The van der Waals surface area contributed by atoms with E-state index >= 15 is 0 Å². The van der Waals surface area contributed by atoms with Crippen molar-refractivity contribution in [2.75, 3.05) is 11.2 Å². The van der Waals surface area contributed by atoms with Crippen molar-refractivity contribution in [1.29, 1.82) is 0 Å². The number of benzene rings is 2. The van der Waals surface area contributed by atoms with Crippen molar-refractivity contribution in [2.24, 2.45) is 0 Å². The highest BCUT2D eigenvalue weighted by Gasteiger charge is 2.31. The molecule has 0 radical (unpaired) electrons. The molecule has 0 N–H and O–H groups in total. The molecule has 1 aromatic heterocycles. The summed E-state index contributed by atoms with van der Waals surface area (Å²) in [5, 5.41) is 1.77. The molecular formula is C21H17F3N2O3S2. The van der Waals surface area contributed by atoms with Gasteiger partial charge in [-0.1, -0.05) is 18.2 Å². The number of hydrogen-bond acceptors (Lipinski definition) is 6. The Balaban J connectivity index is 1.78. The van der Waals surface area contributed by atoms with Crippen LogP contribution in [0.1, 0.15) is 28.5 Å². The molecule has 2 aromatic carbocycles. The predicted octanol–water partition coefficient (Wildman–Crippen LogP) is 5.93. The summed E-state index contributed by atoms with van der Waals surface area (Å²) in [6, 6.07) is 11.5. The number of anilines is 2. The van der Waals surface area contributed by atoms with Crippen LogP contribution >= 0.6 is 23.1 Å². The second-order valence-electron chi connectivity index (χ2n) is 6.30. The molecule has 5 nitrogen and oxygen atoms in total. The average Bonchev–Trinajstić information content (AvgIpc) is 3.19. The molecule has 31 heavy (non-hydrogen) atoms. The van der Waals surface area contributed by atoms with Crippen LogP contribution < -0.4 is 4.90 Å². The average molecular weight is 467 g/mol. The van der Waals surface area contributed by atoms with Crippen LogP contribution in [-0.2, 0) is 22.3 Å². The largest absolute Gasteiger partial charge is 0.456 e. The molecule has 0 bridgehead atoms. The highest BCUT2D eigenvalue weighted by molar-refractivity contribution is 7.98. The van der Waals surface area contributed by atoms with Crippen LogP contribution in [0.2, 0.25) is 0 Å². The number of hydrogen-bond donors (Lipinski definition) is 0. The molecule has 0 aliphatic rings. The summed E-state index contributed by atoms with van der Waals surface area (Å²) < 4.78 is 44.4. The van der Waals surface area contributed by atoms with E-state index in [0.717, 1.165) is 33.3 Å². The molecule has 0 saturated carbocycles. The Kier molecular flexibility index (Phi) is 7.01. The van der Waals surface area contributed by atoms with Crippen molar-refractivity contribution < 1.29 is 27.5 Å². The van der Waals surface area contributed by atoms with Gasteiger partial charge in [-0.05, 0) is 36.6 Å². The highest BCUT2D eigenvalue weighted by atomic mass is 32.2. The van der Waals surface area contributed by atoms with Gasteiger partial charge < -0.3 is 4.74 Å². The quantitative estimate of drug-likeness (QED) is 0.333. The number of thiazole rings is 1. The molecule has 0 spiro atoms. The fourth-order valence-electron chi connectivity index (χ4n) is 2.74. The van der Waals surface area contributed by atoms with Crippen LogP contribution in [0.3, 0.4) is 0 Å². The number of thioether (sulfide) groups is 1. The predicted molar refractivity (Wildman–Crippen MR) is 114 cm³/mol. The van der Waals surface area contributed by atoms with Crippen LogP contribution in [0.4, 0.5) is 24.0 Å². The zero-order valence-corrected chi connectivity index (χ0v) is 18.1. The molecule has 3 aromatic rings. The van der Waals surface area contributed by atoms with Crippen molar-refractivity contribution in [1.82, 2.24) is 4.98 Å². The van der Waals surface area contributed by atoms with Crippen LogP contribution in [0, 0.1) is 0 Å². The van der Waals surface area contributed by atoms with E-state index in [9.17, 15) is 22.8 Å². The normalized spacial score (nSPS) is 11.3. The summed E-state index contributed by atoms with van der Waals surface area (Å²) in [5.74, 6) is -1.01. The van der Waals surface area contributed by atoms with E-state index in [4.69, 9.17) is 4.74 Å². The Bertz CT molecular complexity index is 1100. The van der Waals surface area contributed by atoms with Gasteiger partial charge >= 0.3 is 12.1 Å². The third kappa shape index (κ3) is 5.45. The maximum Gasteiger partial charge on any atom is 0.416 e. The third-order valence-corrected chi connectivity index (χ3v) is 5.83. The fraction of sp³-hybridized carbons (Fsp3) is 0.190. The van der Waals surface area contributed by atoms with Gasteiger partial charge in [-0.15, -0.1) is 23.1 Å². The van der Waals surface area contributed by atoms with Gasteiger partial charge in [-0.25, -0.2) is 9.78 Å². The zero-order valence-electron chi connectivity index (χ0n) is 16.5. The van der Waals surface area contributed by atoms with Gasteiger partial charge in [-0.2, -0.15) is 13.2 Å². The van der Waals surface area contributed by atoms with Crippen molar-refractivity contribution >= 4 is 45.8 Å². The first-order valence-corrected chi connectivity index (χ1v) is 11.0. The molecule has 10 heteroatoms. The van der Waals surface area contributed by atoms with E-state index in [0.29, 0.717) is 11.3 Å². The van der Waals surface area contributed by atoms with Gasteiger partial charge in [0.05, 0.1) is 22.5 Å². The standard InChI is InChI=1S/C21H17F3N2O3S2/c1-13(27)26(16-7-5-6-14(10-16)21(22,23)24)20-25-15(12-31-20)11-29-19(28)17-8-3-4-9-18(17)30-2/h3-10,12H,11H2,1-2H3. The van der Waals surface area contributed by atoms with Crippen molar-refractivity contribution in [2.45, 2.75) is 24.6 Å². The number of nitrogens with zero attached hydrogens (tertiary/aromatic N) is 2.